The van der Waals surface area contributed by atoms with Crippen molar-refractivity contribution >= 4 is 40.0 Å². The molecule has 7 heteroatoms. The third-order valence-electron chi connectivity index (χ3n) is 3.63. The first kappa shape index (κ1) is 17.8. The predicted octanol–water partition coefficient (Wildman–Crippen LogP) is 2.98. The fraction of sp³-hybridized carbons (Fsp3) is 0.562. The number of hydrogen-bond acceptors (Lipinski definition) is 6. The maximum absolute atomic E-state index is 12.0. The van der Waals surface area contributed by atoms with Gasteiger partial charge in [0.1, 0.15) is 11.1 Å². The van der Waals surface area contributed by atoms with Crippen molar-refractivity contribution < 1.29 is 14.3 Å². The van der Waals surface area contributed by atoms with Crippen LogP contribution in [0.2, 0.25) is 0 Å². The first-order valence-electron chi connectivity index (χ1n) is 7.63. The number of thiophene rings is 1. The van der Waals surface area contributed by atoms with Crippen LogP contribution in [0.25, 0.3) is 0 Å². The second kappa shape index (κ2) is 8.37. The zero-order chi connectivity index (χ0) is 16.8. The van der Waals surface area contributed by atoms with E-state index in [9.17, 15) is 14.9 Å². The van der Waals surface area contributed by atoms with Gasteiger partial charge in [-0.15, -0.1) is 23.1 Å². The number of hydrogen-bond donors (Lipinski definition) is 1. The van der Waals surface area contributed by atoms with Crippen LogP contribution in [0.1, 0.15) is 36.3 Å². The van der Waals surface area contributed by atoms with Gasteiger partial charge in [0, 0.05) is 4.88 Å². The average molecular weight is 352 g/mol. The van der Waals surface area contributed by atoms with Gasteiger partial charge in [-0.2, -0.15) is 5.26 Å². The summed E-state index contributed by atoms with van der Waals surface area (Å²) < 4.78 is 4.81. The lowest BCUT2D eigenvalue weighted by molar-refractivity contribution is -0.139. The number of nitriles is 1. The molecule has 1 heterocycles. The maximum atomic E-state index is 12.0. The number of amides is 1. The molecule has 1 N–H and O–H groups in total. The smallest absolute Gasteiger partial charge is 0.315 e. The summed E-state index contributed by atoms with van der Waals surface area (Å²) in [5.41, 5.74) is 1.71. The van der Waals surface area contributed by atoms with E-state index in [0.29, 0.717) is 23.1 Å². The van der Waals surface area contributed by atoms with Crippen LogP contribution in [0.15, 0.2) is 0 Å². The fourth-order valence-corrected chi connectivity index (χ4v) is 4.54. The molecule has 0 bridgehead atoms. The average Bonchev–Trinajstić information content (AvgIpc) is 2.83. The topological polar surface area (TPSA) is 79.2 Å². The Kier molecular flexibility index (Phi) is 6.48. The van der Waals surface area contributed by atoms with Gasteiger partial charge in [-0.05, 0) is 37.7 Å². The zero-order valence-electron chi connectivity index (χ0n) is 13.3. The minimum Gasteiger partial charge on any atom is -0.465 e. The number of anilines is 1. The molecule has 2 rings (SSSR count). The highest BCUT2D eigenvalue weighted by Crippen LogP contribution is 2.39. The molecule has 1 aliphatic carbocycles. The zero-order valence-corrected chi connectivity index (χ0v) is 14.9. The monoisotopic (exact) mass is 352 g/mol. The third kappa shape index (κ3) is 4.72. The van der Waals surface area contributed by atoms with Crippen LogP contribution in [0.4, 0.5) is 5.00 Å². The van der Waals surface area contributed by atoms with Gasteiger partial charge in [0.25, 0.3) is 0 Å². The summed E-state index contributed by atoms with van der Waals surface area (Å²) in [5, 5.41) is 12.9. The number of rotatable bonds is 6. The summed E-state index contributed by atoms with van der Waals surface area (Å²) in [6.45, 7) is 4.30. The lowest BCUT2D eigenvalue weighted by Crippen LogP contribution is -2.16. The number of nitrogens with zero attached hydrogens (tertiary/aromatic N) is 1. The van der Waals surface area contributed by atoms with E-state index in [-0.39, 0.29) is 23.4 Å². The Hall–Kier alpha value is -1.52. The number of carbonyl (C=O) groups is 2. The predicted molar refractivity (Wildman–Crippen MR) is 92.8 cm³/mol. The van der Waals surface area contributed by atoms with Gasteiger partial charge in [-0.1, -0.05) is 6.92 Å². The first-order valence-corrected chi connectivity index (χ1v) is 9.60. The van der Waals surface area contributed by atoms with Crippen LogP contribution < -0.4 is 5.32 Å². The van der Waals surface area contributed by atoms with Gasteiger partial charge in [-0.3, -0.25) is 9.59 Å². The molecule has 5 nitrogen and oxygen atoms in total. The van der Waals surface area contributed by atoms with Gasteiger partial charge in [0.2, 0.25) is 5.91 Å². The summed E-state index contributed by atoms with van der Waals surface area (Å²) >= 11 is 2.72. The number of nitrogens with one attached hydrogen (secondary N) is 1. The largest absolute Gasteiger partial charge is 0.465 e. The van der Waals surface area contributed by atoms with Crippen LogP contribution in [-0.4, -0.2) is 30.0 Å². The SMILES string of the molecule is CCOC(=O)CSCC(=O)Nc1sc2c(c1C#N)CCC(C)C2. The Morgan fingerprint density at radius 2 is 2.26 bits per heavy atom. The summed E-state index contributed by atoms with van der Waals surface area (Å²) in [6, 6.07) is 2.23. The first-order chi connectivity index (χ1) is 11.0. The van der Waals surface area contributed by atoms with E-state index in [1.165, 1.54) is 28.0 Å². The summed E-state index contributed by atoms with van der Waals surface area (Å²) in [5.74, 6) is 0.440. The lowest BCUT2D eigenvalue weighted by Gasteiger charge is -2.17. The van der Waals surface area contributed by atoms with Crippen molar-refractivity contribution in [1.29, 1.82) is 5.26 Å². The van der Waals surface area contributed by atoms with Crippen molar-refractivity contribution in [3.63, 3.8) is 0 Å². The standard InChI is InChI=1S/C16H20N2O3S2/c1-3-21-15(20)9-22-8-14(19)18-16-12(7-17)11-5-4-10(2)6-13(11)23-16/h10H,3-6,8-9H2,1-2H3,(H,18,19). The van der Waals surface area contributed by atoms with Gasteiger partial charge in [0.15, 0.2) is 0 Å². The fourth-order valence-electron chi connectivity index (χ4n) is 2.55. The molecule has 0 saturated carbocycles. The molecule has 1 aliphatic rings. The van der Waals surface area contributed by atoms with Crippen molar-refractivity contribution in [1.82, 2.24) is 0 Å². The second-order valence-corrected chi connectivity index (χ2v) is 7.60. The quantitative estimate of drug-likeness (QED) is 0.796. The molecular weight excluding hydrogens is 332 g/mol. The third-order valence-corrected chi connectivity index (χ3v) is 5.71. The van der Waals surface area contributed by atoms with Gasteiger partial charge < -0.3 is 10.1 Å². The van der Waals surface area contributed by atoms with E-state index in [2.05, 4.69) is 18.3 Å². The molecule has 1 aromatic heterocycles. The maximum Gasteiger partial charge on any atom is 0.315 e. The Morgan fingerprint density at radius 3 is 2.96 bits per heavy atom. The molecule has 1 aromatic rings. The van der Waals surface area contributed by atoms with Crippen LogP contribution in [0.5, 0.6) is 0 Å². The van der Waals surface area contributed by atoms with Crippen molar-refractivity contribution in [2.45, 2.75) is 33.1 Å². The van der Waals surface area contributed by atoms with Crippen molar-refractivity contribution in [2.24, 2.45) is 5.92 Å². The minimum atomic E-state index is -0.316. The summed E-state index contributed by atoms with van der Waals surface area (Å²) in [4.78, 5) is 24.5. The lowest BCUT2D eigenvalue weighted by atomic mass is 9.89. The highest BCUT2D eigenvalue weighted by molar-refractivity contribution is 8.00. The van der Waals surface area contributed by atoms with E-state index in [1.54, 1.807) is 6.92 Å². The molecule has 0 radical (unpaired) electrons. The van der Waals surface area contributed by atoms with E-state index in [0.717, 1.165) is 24.8 Å². The van der Waals surface area contributed by atoms with Gasteiger partial charge in [-0.25, -0.2) is 0 Å². The number of thioether (sulfide) groups is 1. The molecule has 0 spiro atoms. The van der Waals surface area contributed by atoms with Gasteiger partial charge in [0.05, 0.1) is 23.7 Å². The van der Waals surface area contributed by atoms with E-state index >= 15 is 0 Å². The van der Waals surface area contributed by atoms with Crippen LogP contribution in [0, 0.1) is 17.2 Å². The molecule has 1 atom stereocenters. The molecular formula is C16H20N2O3S2. The van der Waals surface area contributed by atoms with Gasteiger partial charge >= 0.3 is 5.97 Å². The Labute approximate surface area is 144 Å². The van der Waals surface area contributed by atoms with E-state index < -0.39 is 0 Å². The summed E-state index contributed by atoms with van der Waals surface area (Å²) in [6.07, 6.45) is 2.97. The van der Waals surface area contributed by atoms with Crippen molar-refractivity contribution in [2.75, 3.05) is 23.4 Å². The number of esters is 1. The number of fused-ring (bicyclic) bond motifs is 1. The highest BCUT2D eigenvalue weighted by atomic mass is 32.2. The molecule has 0 fully saturated rings. The number of carbonyl (C=O) groups excluding carboxylic acids is 2. The minimum absolute atomic E-state index is 0.158. The summed E-state index contributed by atoms with van der Waals surface area (Å²) in [7, 11) is 0. The van der Waals surface area contributed by atoms with Crippen LogP contribution in [-0.2, 0) is 27.2 Å². The van der Waals surface area contributed by atoms with Crippen molar-refractivity contribution in [3.8, 4) is 6.07 Å². The molecule has 0 saturated heterocycles. The highest BCUT2D eigenvalue weighted by Gasteiger charge is 2.24. The Bertz CT molecular complexity index is 634. The van der Waals surface area contributed by atoms with Crippen LogP contribution >= 0.6 is 23.1 Å². The molecule has 0 aromatic carbocycles. The molecule has 23 heavy (non-hydrogen) atoms. The molecule has 1 amide bonds. The van der Waals surface area contributed by atoms with Crippen molar-refractivity contribution in [3.05, 3.63) is 16.0 Å². The second-order valence-electron chi connectivity index (χ2n) is 5.51. The molecule has 1 unspecified atom stereocenters. The van der Waals surface area contributed by atoms with E-state index in [4.69, 9.17) is 4.74 Å². The molecule has 0 aliphatic heterocycles. The Morgan fingerprint density at radius 1 is 1.48 bits per heavy atom. The Balaban J connectivity index is 1.94. The van der Waals surface area contributed by atoms with E-state index in [1.807, 2.05) is 0 Å². The number of ether oxygens (including phenoxy) is 1. The normalized spacial score (nSPS) is 16.3. The molecule has 124 valence electrons. The van der Waals surface area contributed by atoms with Crippen LogP contribution in [0.3, 0.4) is 0 Å².